The maximum atomic E-state index is 12.3. The van der Waals surface area contributed by atoms with E-state index in [4.69, 9.17) is 13.9 Å². The van der Waals surface area contributed by atoms with E-state index in [9.17, 15) is 9.59 Å². The summed E-state index contributed by atoms with van der Waals surface area (Å²) in [6, 6.07) is 0. The van der Waals surface area contributed by atoms with Gasteiger partial charge in [-0.25, -0.2) is 0 Å². The molecular weight excluding hydrogens is 452 g/mol. The van der Waals surface area contributed by atoms with Crippen molar-refractivity contribution >= 4 is 11.9 Å². The molecule has 36 heavy (non-hydrogen) atoms. The molecule has 5 nitrogen and oxygen atoms in total. The van der Waals surface area contributed by atoms with Gasteiger partial charge in [0.2, 0.25) is 11.5 Å². The third-order valence-electron chi connectivity index (χ3n) is 6.79. The normalized spacial score (nSPS) is 11.1. The molecule has 0 amide bonds. The van der Waals surface area contributed by atoms with Gasteiger partial charge < -0.3 is 13.9 Å². The summed E-state index contributed by atoms with van der Waals surface area (Å²) in [6.07, 6.45) is 26.5. The number of carbonyl (C=O) groups is 2. The van der Waals surface area contributed by atoms with Gasteiger partial charge in [-0.15, -0.1) is 0 Å². The van der Waals surface area contributed by atoms with Gasteiger partial charge in [-0.1, -0.05) is 129 Å². The quantitative estimate of drug-likeness (QED) is 0.103. The van der Waals surface area contributed by atoms with Gasteiger partial charge in [0, 0.05) is 12.8 Å². The summed E-state index contributed by atoms with van der Waals surface area (Å²) in [5, 5.41) is 0. The zero-order valence-electron chi connectivity index (χ0n) is 23.7. The maximum Gasteiger partial charge on any atom is 0.311 e. The zero-order chi connectivity index (χ0) is 26.3. The average Bonchev–Trinajstić information content (AvgIpc) is 3.20. The predicted molar refractivity (Wildman–Crippen MR) is 148 cm³/mol. The molecule has 5 heteroatoms. The molecule has 0 atom stereocenters. The first kappa shape index (κ1) is 32.2. The third-order valence-corrected chi connectivity index (χ3v) is 6.79. The molecule has 0 N–H and O–H groups in total. The fourth-order valence-electron chi connectivity index (χ4n) is 4.47. The van der Waals surface area contributed by atoms with Gasteiger partial charge in [0.1, 0.15) is 12.0 Å². The lowest BCUT2D eigenvalue weighted by Gasteiger charge is -2.07. The van der Waals surface area contributed by atoms with Crippen molar-refractivity contribution in [2.45, 2.75) is 162 Å². The molecule has 208 valence electrons. The molecule has 0 radical (unpaired) electrons. The minimum Gasteiger partial charge on any atom is -0.462 e. The third kappa shape index (κ3) is 16.8. The van der Waals surface area contributed by atoms with Crippen LogP contribution in [0.3, 0.4) is 0 Å². The molecule has 0 bridgehead atoms. The fourth-order valence-corrected chi connectivity index (χ4v) is 4.47. The van der Waals surface area contributed by atoms with E-state index >= 15 is 0 Å². The van der Waals surface area contributed by atoms with Crippen molar-refractivity contribution < 1.29 is 23.5 Å². The molecular formula is C31H54O5. The number of carbonyl (C=O) groups excluding carboxylic acids is 2. The molecule has 1 aromatic rings. The lowest BCUT2D eigenvalue weighted by atomic mass is 10.1. The van der Waals surface area contributed by atoms with Crippen LogP contribution in [0.1, 0.15) is 161 Å². The van der Waals surface area contributed by atoms with Gasteiger partial charge in [-0.2, -0.15) is 0 Å². The summed E-state index contributed by atoms with van der Waals surface area (Å²) in [7, 11) is 0. The molecule has 1 aromatic heterocycles. The Morgan fingerprint density at radius 1 is 0.583 bits per heavy atom. The highest BCUT2D eigenvalue weighted by atomic mass is 16.6. The number of esters is 2. The van der Waals surface area contributed by atoms with Gasteiger partial charge in [0.15, 0.2) is 0 Å². The van der Waals surface area contributed by atoms with Gasteiger partial charge in [-0.3, -0.25) is 9.59 Å². The van der Waals surface area contributed by atoms with Crippen LogP contribution in [0.5, 0.6) is 11.5 Å². The molecule has 1 heterocycles. The lowest BCUT2D eigenvalue weighted by Crippen LogP contribution is -2.11. The summed E-state index contributed by atoms with van der Waals surface area (Å²) in [5.41, 5.74) is 0. The van der Waals surface area contributed by atoms with Crippen LogP contribution in [0.15, 0.2) is 10.7 Å². The number of aryl methyl sites for hydroxylation is 1. The van der Waals surface area contributed by atoms with E-state index in [1.54, 1.807) is 6.92 Å². The molecule has 0 unspecified atom stereocenters. The Morgan fingerprint density at radius 3 is 1.36 bits per heavy atom. The van der Waals surface area contributed by atoms with E-state index in [0.29, 0.717) is 18.6 Å². The van der Waals surface area contributed by atoms with E-state index in [1.165, 1.54) is 96.2 Å². The summed E-state index contributed by atoms with van der Waals surface area (Å²) < 4.78 is 16.3. The number of rotatable bonds is 24. The minimum atomic E-state index is -0.303. The lowest BCUT2D eigenvalue weighted by molar-refractivity contribution is -0.137. The first-order valence-corrected chi connectivity index (χ1v) is 15.1. The Balaban J connectivity index is 2.15. The summed E-state index contributed by atoms with van der Waals surface area (Å²) in [6.45, 7) is 6.20. The van der Waals surface area contributed by atoms with E-state index < -0.39 is 0 Å². The Labute approximate surface area is 221 Å². The van der Waals surface area contributed by atoms with Crippen LogP contribution in [0.2, 0.25) is 0 Å². The standard InChI is InChI=1S/C31H54O5/c1-4-6-8-10-12-14-16-18-20-22-24-29(32)35-28-26-34-27(3)31(28)36-30(33)25-23-21-19-17-15-13-11-9-7-5-2/h26H,4-25H2,1-3H3. The molecule has 0 aliphatic carbocycles. The highest BCUT2D eigenvalue weighted by Crippen LogP contribution is 2.34. The van der Waals surface area contributed by atoms with Crippen molar-refractivity contribution in [3.63, 3.8) is 0 Å². The van der Waals surface area contributed by atoms with Gasteiger partial charge in [0.25, 0.3) is 0 Å². The molecule has 0 fully saturated rings. The number of unbranched alkanes of at least 4 members (excludes halogenated alkanes) is 18. The average molecular weight is 507 g/mol. The Hall–Kier alpha value is -1.78. The van der Waals surface area contributed by atoms with E-state index in [2.05, 4.69) is 13.8 Å². The van der Waals surface area contributed by atoms with Crippen LogP contribution >= 0.6 is 0 Å². The van der Waals surface area contributed by atoms with Crippen LogP contribution in [0.4, 0.5) is 0 Å². The van der Waals surface area contributed by atoms with Crippen LogP contribution in [0, 0.1) is 6.92 Å². The van der Waals surface area contributed by atoms with Crippen molar-refractivity contribution in [3.05, 3.63) is 12.0 Å². The fraction of sp³-hybridized carbons (Fsp3) is 0.806. The molecule has 0 saturated carbocycles. The molecule has 0 saturated heterocycles. The Morgan fingerprint density at radius 2 is 0.944 bits per heavy atom. The number of hydrogen-bond donors (Lipinski definition) is 0. The maximum absolute atomic E-state index is 12.3. The molecule has 0 aromatic carbocycles. The van der Waals surface area contributed by atoms with Crippen molar-refractivity contribution in [2.75, 3.05) is 0 Å². The molecule has 0 aliphatic rings. The molecule has 1 rings (SSSR count). The first-order chi connectivity index (χ1) is 17.6. The summed E-state index contributed by atoms with van der Waals surface area (Å²) in [4.78, 5) is 24.6. The highest BCUT2D eigenvalue weighted by molar-refractivity contribution is 5.76. The van der Waals surface area contributed by atoms with E-state index in [-0.39, 0.29) is 23.4 Å². The van der Waals surface area contributed by atoms with Crippen molar-refractivity contribution in [1.82, 2.24) is 0 Å². The SMILES string of the molecule is CCCCCCCCCCCCC(=O)Oc1coc(C)c1OC(=O)CCCCCCCCCCCC. The largest absolute Gasteiger partial charge is 0.462 e. The van der Waals surface area contributed by atoms with Gasteiger partial charge in [0.05, 0.1) is 0 Å². The Bertz CT molecular complexity index is 679. The van der Waals surface area contributed by atoms with Gasteiger partial charge in [-0.05, 0) is 19.8 Å². The summed E-state index contributed by atoms with van der Waals surface area (Å²) in [5.74, 6) is 0.297. The van der Waals surface area contributed by atoms with Crippen LogP contribution in [-0.4, -0.2) is 11.9 Å². The summed E-state index contributed by atoms with van der Waals surface area (Å²) >= 11 is 0. The topological polar surface area (TPSA) is 65.7 Å². The van der Waals surface area contributed by atoms with Crippen molar-refractivity contribution in [2.24, 2.45) is 0 Å². The molecule has 0 aliphatic heterocycles. The predicted octanol–water partition coefficient (Wildman–Crippen LogP) is 10.0. The van der Waals surface area contributed by atoms with Crippen LogP contribution in [0.25, 0.3) is 0 Å². The second-order valence-electron chi connectivity index (χ2n) is 10.3. The smallest absolute Gasteiger partial charge is 0.311 e. The second kappa shape index (κ2) is 22.4. The Kier molecular flexibility index (Phi) is 20.1. The van der Waals surface area contributed by atoms with Crippen LogP contribution in [-0.2, 0) is 9.59 Å². The van der Waals surface area contributed by atoms with Gasteiger partial charge >= 0.3 is 11.9 Å². The number of hydrogen-bond acceptors (Lipinski definition) is 5. The van der Waals surface area contributed by atoms with Crippen molar-refractivity contribution in [3.8, 4) is 11.5 Å². The highest BCUT2D eigenvalue weighted by Gasteiger charge is 2.19. The van der Waals surface area contributed by atoms with Crippen LogP contribution < -0.4 is 9.47 Å². The zero-order valence-corrected chi connectivity index (χ0v) is 23.7. The number of furan rings is 1. The monoisotopic (exact) mass is 506 g/mol. The minimum absolute atomic E-state index is 0.209. The first-order valence-electron chi connectivity index (χ1n) is 15.1. The molecule has 0 spiro atoms. The number of ether oxygens (including phenoxy) is 2. The van der Waals surface area contributed by atoms with E-state index in [0.717, 1.165) is 38.5 Å². The van der Waals surface area contributed by atoms with E-state index in [1.807, 2.05) is 0 Å². The second-order valence-corrected chi connectivity index (χ2v) is 10.3. The van der Waals surface area contributed by atoms with Crippen molar-refractivity contribution in [1.29, 1.82) is 0 Å².